The molecule has 76 valence electrons. The summed E-state index contributed by atoms with van der Waals surface area (Å²) in [6.45, 7) is 0. The zero-order valence-electron chi connectivity index (χ0n) is 7.27. The SMILES string of the molecule is NP1NPNPN1Oc1ccccc1. The summed E-state index contributed by atoms with van der Waals surface area (Å²) >= 11 is 0. The van der Waals surface area contributed by atoms with E-state index >= 15 is 0 Å². The van der Waals surface area contributed by atoms with Gasteiger partial charge >= 0.3 is 0 Å². The molecule has 0 saturated carbocycles. The quantitative estimate of drug-likeness (QED) is 0.695. The van der Waals surface area contributed by atoms with Gasteiger partial charge in [-0.05, 0) is 12.1 Å². The van der Waals surface area contributed by atoms with Gasteiger partial charge in [-0.25, -0.2) is 4.86 Å². The summed E-state index contributed by atoms with van der Waals surface area (Å²) in [6.07, 6.45) is 0. The van der Waals surface area contributed by atoms with Gasteiger partial charge in [0.1, 0.15) is 5.75 Å². The van der Waals surface area contributed by atoms with Crippen molar-refractivity contribution in [3.05, 3.63) is 30.3 Å². The summed E-state index contributed by atoms with van der Waals surface area (Å²) in [7, 11) is 0.0812. The first-order valence-electron chi connectivity index (χ1n) is 3.95. The van der Waals surface area contributed by atoms with E-state index in [-0.39, 0.29) is 0 Å². The highest BCUT2D eigenvalue weighted by Gasteiger charge is 2.20. The molecule has 1 fully saturated rings. The van der Waals surface area contributed by atoms with E-state index in [2.05, 4.69) is 9.72 Å². The van der Waals surface area contributed by atoms with E-state index in [9.17, 15) is 0 Å². The van der Waals surface area contributed by atoms with Crippen LogP contribution in [0.1, 0.15) is 0 Å². The number of hydrogen-bond acceptors (Lipinski definition) is 5. The van der Waals surface area contributed by atoms with Crippen molar-refractivity contribution in [1.29, 1.82) is 0 Å². The smallest absolute Gasteiger partial charge is 0.158 e. The van der Waals surface area contributed by atoms with E-state index in [0.29, 0.717) is 17.8 Å². The number of rotatable bonds is 2. The minimum atomic E-state index is -0.855. The molecule has 4 N–H and O–H groups in total. The van der Waals surface area contributed by atoms with E-state index in [1.807, 2.05) is 30.3 Å². The Kier molecular flexibility index (Phi) is 4.03. The highest BCUT2D eigenvalue weighted by atomic mass is 31.2. The van der Waals surface area contributed by atoms with Crippen molar-refractivity contribution in [3.63, 3.8) is 0 Å². The van der Waals surface area contributed by atoms with Crippen LogP contribution >= 0.6 is 26.1 Å². The van der Waals surface area contributed by atoms with Gasteiger partial charge in [-0.1, -0.05) is 22.8 Å². The molecule has 1 heterocycles. The molecule has 5 nitrogen and oxygen atoms in total. The lowest BCUT2D eigenvalue weighted by molar-refractivity contribution is 0.142. The van der Waals surface area contributed by atoms with Gasteiger partial charge in [0.15, 0.2) is 8.37 Å². The normalized spacial score (nSPS) is 26.8. The first-order chi connectivity index (χ1) is 6.86. The molecule has 1 aliphatic rings. The van der Waals surface area contributed by atoms with Gasteiger partial charge < -0.3 is 4.84 Å². The molecule has 1 aromatic carbocycles. The van der Waals surface area contributed by atoms with Gasteiger partial charge in [-0.2, -0.15) is 0 Å². The largest absolute Gasteiger partial charge is 0.395 e. The van der Waals surface area contributed by atoms with Crippen molar-refractivity contribution >= 4 is 26.1 Å². The zero-order valence-corrected chi connectivity index (χ0v) is 10.2. The van der Waals surface area contributed by atoms with Crippen LogP contribution in [-0.2, 0) is 0 Å². The Morgan fingerprint density at radius 3 is 2.86 bits per heavy atom. The van der Waals surface area contributed by atoms with E-state index < -0.39 is 8.37 Å². The highest BCUT2D eigenvalue weighted by molar-refractivity contribution is 7.71. The van der Waals surface area contributed by atoms with Crippen molar-refractivity contribution in [2.75, 3.05) is 0 Å². The minimum Gasteiger partial charge on any atom is -0.395 e. The Hall–Kier alpha value is 0.150. The van der Waals surface area contributed by atoms with Crippen LogP contribution in [0.15, 0.2) is 30.3 Å². The second-order valence-corrected chi connectivity index (χ2v) is 6.70. The van der Waals surface area contributed by atoms with Gasteiger partial charge in [0.2, 0.25) is 0 Å². The molecule has 0 spiro atoms. The van der Waals surface area contributed by atoms with Crippen LogP contribution in [0.4, 0.5) is 0 Å². The van der Waals surface area contributed by atoms with Crippen LogP contribution in [-0.4, -0.2) is 4.60 Å². The van der Waals surface area contributed by atoms with Crippen LogP contribution in [0.25, 0.3) is 0 Å². The molecule has 3 atom stereocenters. The number of hydrogen-bond donors (Lipinski definition) is 3. The van der Waals surface area contributed by atoms with E-state index in [0.717, 1.165) is 5.75 Å². The molecule has 2 rings (SSSR count). The maximum absolute atomic E-state index is 5.86. The van der Waals surface area contributed by atoms with Gasteiger partial charge in [0.05, 0.1) is 8.88 Å². The number of nitrogens with two attached hydrogens (primary N) is 1. The molecule has 8 heteroatoms. The van der Waals surface area contributed by atoms with Crippen molar-refractivity contribution in [3.8, 4) is 5.75 Å². The molecule has 1 aromatic rings. The molecular weight excluding hydrogens is 237 g/mol. The fourth-order valence-electron chi connectivity index (χ4n) is 0.908. The van der Waals surface area contributed by atoms with Gasteiger partial charge in [-0.3, -0.25) is 10.4 Å². The van der Waals surface area contributed by atoms with Gasteiger partial charge in [0, 0.05) is 8.88 Å². The molecule has 0 aliphatic carbocycles. The monoisotopic (exact) mass is 248 g/mol. The third-order valence-electron chi connectivity index (χ3n) is 1.52. The van der Waals surface area contributed by atoms with Crippen molar-refractivity contribution < 1.29 is 4.84 Å². The third kappa shape index (κ3) is 2.82. The van der Waals surface area contributed by atoms with E-state index in [4.69, 9.17) is 10.3 Å². The topological polar surface area (TPSA) is 62.5 Å². The lowest BCUT2D eigenvalue weighted by Gasteiger charge is -2.31. The molecular formula is C6H11N4OP3. The van der Waals surface area contributed by atoms with E-state index in [1.165, 1.54) is 0 Å². The Bertz CT molecular complexity index is 288. The highest BCUT2D eigenvalue weighted by Crippen LogP contribution is 2.45. The average molecular weight is 248 g/mol. The molecule has 0 amide bonds. The molecule has 3 unspecified atom stereocenters. The summed E-state index contributed by atoms with van der Waals surface area (Å²) in [5.74, 6) is 0.812. The predicted octanol–water partition coefficient (Wildman–Crippen LogP) is 1.68. The Balaban J connectivity index is 1.96. The second kappa shape index (κ2) is 5.29. The fourth-order valence-corrected chi connectivity index (χ4v) is 4.73. The number of nitrogens with zero attached hydrogens (tertiary/aromatic N) is 1. The fraction of sp³-hybridized carbons (Fsp3) is 0. The molecule has 1 saturated heterocycles. The first-order valence-corrected chi connectivity index (χ1v) is 7.26. The maximum atomic E-state index is 5.86. The lowest BCUT2D eigenvalue weighted by atomic mass is 10.3. The van der Waals surface area contributed by atoms with Crippen LogP contribution < -0.4 is 20.1 Å². The molecule has 1 aliphatic heterocycles. The summed E-state index contributed by atoms with van der Waals surface area (Å²) in [4.78, 5) is 11.9. The average Bonchev–Trinajstić information content (AvgIpc) is 2.23. The van der Waals surface area contributed by atoms with E-state index in [1.54, 1.807) is 4.60 Å². The molecule has 14 heavy (non-hydrogen) atoms. The summed E-state index contributed by atoms with van der Waals surface area (Å²) in [5.41, 5.74) is 5.86. The molecule has 0 bridgehead atoms. The molecule has 0 aromatic heterocycles. The van der Waals surface area contributed by atoms with Crippen LogP contribution in [0.3, 0.4) is 0 Å². The summed E-state index contributed by atoms with van der Waals surface area (Å²) in [6, 6.07) is 9.64. The lowest BCUT2D eigenvalue weighted by Crippen LogP contribution is -2.28. The van der Waals surface area contributed by atoms with Crippen molar-refractivity contribution in [1.82, 2.24) is 14.3 Å². The number of para-hydroxylation sites is 1. The minimum absolute atomic E-state index is 0.413. The predicted molar refractivity (Wildman–Crippen MR) is 62.9 cm³/mol. The Morgan fingerprint density at radius 2 is 2.14 bits per heavy atom. The van der Waals surface area contributed by atoms with Crippen LogP contribution in [0, 0.1) is 0 Å². The van der Waals surface area contributed by atoms with Crippen LogP contribution in [0.5, 0.6) is 5.75 Å². The maximum Gasteiger partial charge on any atom is 0.158 e. The van der Waals surface area contributed by atoms with Crippen molar-refractivity contribution in [2.45, 2.75) is 0 Å². The van der Waals surface area contributed by atoms with Crippen LogP contribution in [0.2, 0.25) is 0 Å². The Morgan fingerprint density at radius 1 is 1.36 bits per heavy atom. The van der Waals surface area contributed by atoms with Crippen molar-refractivity contribution in [2.24, 2.45) is 5.50 Å². The third-order valence-corrected chi connectivity index (χ3v) is 5.53. The number of benzene rings is 1. The Labute approximate surface area is 87.4 Å². The molecule has 0 radical (unpaired) electrons. The summed E-state index contributed by atoms with van der Waals surface area (Å²) in [5, 5.41) is 0. The second-order valence-electron chi connectivity index (χ2n) is 2.50. The first kappa shape index (κ1) is 10.7. The zero-order chi connectivity index (χ0) is 9.80. The standard InChI is InChI=1S/C6H11N4OP3/c7-14-9-12-8-13-10(14)11-6-4-2-1-3-5-6/h1-5,8-9,12-13H,7H2. The summed E-state index contributed by atoms with van der Waals surface area (Å²) < 4.78 is 1.75. The number of nitrogens with one attached hydrogen (secondary N) is 2. The van der Waals surface area contributed by atoms with Gasteiger partial charge in [0.25, 0.3) is 0 Å². The van der Waals surface area contributed by atoms with Gasteiger partial charge in [-0.15, -0.1) is 0 Å².